The van der Waals surface area contributed by atoms with Crippen molar-refractivity contribution in [2.45, 2.75) is 19.8 Å². The number of aryl methyl sites for hydroxylation is 1. The van der Waals surface area contributed by atoms with Gasteiger partial charge < -0.3 is 10.2 Å². The van der Waals surface area contributed by atoms with Crippen molar-refractivity contribution in [2.75, 3.05) is 18.4 Å². The summed E-state index contributed by atoms with van der Waals surface area (Å²) in [6.07, 6.45) is 1.09. The van der Waals surface area contributed by atoms with Gasteiger partial charge in [0.15, 0.2) is 0 Å². The van der Waals surface area contributed by atoms with E-state index < -0.39 is 5.82 Å². The van der Waals surface area contributed by atoms with Crippen LogP contribution in [-0.2, 0) is 4.79 Å². The topological polar surface area (TPSA) is 49.4 Å². The summed E-state index contributed by atoms with van der Waals surface area (Å²) in [5, 5.41) is 3.48. The van der Waals surface area contributed by atoms with Crippen LogP contribution in [-0.4, -0.2) is 29.8 Å². The van der Waals surface area contributed by atoms with Gasteiger partial charge >= 0.3 is 0 Å². The summed E-state index contributed by atoms with van der Waals surface area (Å²) in [5.41, 5.74) is 1.68. The molecule has 2 amide bonds. The highest BCUT2D eigenvalue weighted by atomic mass is 35.5. The van der Waals surface area contributed by atoms with Gasteiger partial charge in [0.25, 0.3) is 5.91 Å². The van der Waals surface area contributed by atoms with E-state index in [9.17, 15) is 14.0 Å². The fourth-order valence-corrected chi connectivity index (χ4v) is 3.25. The number of nitrogens with zero attached hydrogens (tertiary/aromatic N) is 1. The predicted octanol–water partition coefficient (Wildman–Crippen LogP) is 4.28. The molecular weight excluding hydrogens is 355 g/mol. The Bertz CT molecular complexity index is 832. The summed E-state index contributed by atoms with van der Waals surface area (Å²) >= 11 is 6.08. The number of rotatable bonds is 3. The SMILES string of the molecule is Cc1ccc(NC(=O)C2CCN(C(=O)c3ccccc3F)CC2)cc1Cl. The first-order valence-corrected chi connectivity index (χ1v) is 8.94. The summed E-state index contributed by atoms with van der Waals surface area (Å²) < 4.78 is 13.8. The number of piperidine rings is 1. The maximum Gasteiger partial charge on any atom is 0.256 e. The quantitative estimate of drug-likeness (QED) is 0.871. The molecule has 2 aromatic carbocycles. The number of halogens is 2. The Morgan fingerprint density at radius 3 is 2.50 bits per heavy atom. The minimum atomic E-state index is -0.520. The first kappa shape index (κ1) is 18.4. The van der Waals surface area contributed by atoms with Crippen molar-refractivity contribution in [2.24, 2.45) is 5.92 Å². The second kappa shape index (κ2) is 7.87. The van der Waals surface area contributed by atoms with E-state index in [4.69, 9.17) is 11.6 Å². The normalized spacial score (nSPS) is 15.0. The number of hydrogen-bond donors (Lipinski definition) is 1. The molecule has 1 saturated heterocycles. The minimum Gasteiger partial charge on any atom is -0.339 e. The fourth-order valence-electron chi connectivity index (χ4n) is 3.06. The number of anilines is 1. The van der Waals surface area contributed by atoms with Gasteiger partial charge in [-0.1, -0.05) is 29.8 Å². The van der Waals surface area contributed by atoms with Crippen molar-refractivity contribution in [1.29, 1.82) is 0 Å². The molecule has 2 aromatic rings. The van der Waals surface area contributed by atoms with Crippen molar-refractivity contribution in [3.05, 3.63) is 64.4 Å². The highest BCUT2D eigenvalue weighted by Crippen LogP contribution is 2.24. The molecule has 4 nitrogen and oxygen atoms in total. The molecule has 6 heteroatoms. The zero-order chi connectivity index (χ0) is 18.7. The van der Waals surface area contributed by atoms with E-state index in [-0.39, 0.29) is 23.3 Å². The molecule has 1 fully saturated rings. The average Bonchev–Trinajstić information content (AvgIpc) is 2.65. The van der Waals surface area contributed by atoms with Crippen molar-refractivity contribution < 1.29 is 14.0 Å². The molecule has 0 aliphatic carbocycles. The van der Waals surface area contributed by atoms with E-state index in [1.165, 1.54) is 12.1 Å². The molecule has 0 radical (unpaired) electrons. The van der Waals surface area contributed by atoms with Crippen LogP contribution in [0.3, 0.4) is 0 Å². The van der Waals surface area contributed by atoms with Crippen LogP contribution in [0.5, 0.6) is 0 Å². The minimum absolute atomic E-state index is 0.0738. The Morgan fingerprint density at radius 2 is 1.85 bits per heavy atom. The zero-order valence-electron chi connectivity index (χ0n) is 14.5. The van der Waals surface area contributed by atoms with Gasteiger partial charge in [-0.15, -0.1) is 0 Å². The lowest BCUT2D eigenvalue weighted by molar-refractivity contribution is -0.121. The van der Waals surface area contributed by atoms with Crippen LogP contribution in [0, 0.1) is 18.7 Å². The van der Waals surface area contributed by atoms with Crippen LogP contribution in [0.15, 0.2) is 42.5 Å². The van der Waals surface area contributed by atoms with Crippen molar-refractivity contribution >= 4 is 29.1 Å². The predicted molar refractivity (Wildman–Crippen MR) is 99.8 cm³/mol. The maximum absolute atomic E-state index is 13.8. The Hall–Kier alpha value is -2.40. The van der Waals surface area contributed by atoms with Gasteiger partial charge in [-0.25, -0.2) is 4.39 Å². The van der Waals surface area contributed by atoms with Crippen LogP contribution in [0.4, 0.5) is 10.1 Å². The Kier molecular flexibility index (Phi) is 5.57. The van der Waals surface area contributed by atoms with Gasteiger partial charge in [-0.2, -0.15) is 0 Å². The third-order valence-electron chi connectivity index (χ3n) is 4.70. The van der Waals surface area contributed by atoms with Gasteiger partial charge in [-0.3, -0.25) is 9.59 Å². The zero-order valence-corrected chi connectivity index (χ0v) is 15.2. The van der Waals surface area contributed by atoms with Crippen molar-refractivity contribution in [1.82, 2.24) is 4.90 Å². The van der Waals surface area contributed by atoms with Gasteiger partial charge in [0, 0.05) is 29.7 Å². The Balaban J connectivity index is 1.57. The number of benzene rings is 2. The molecule has 0 saturated carbocycles. The molecule has 26 heavy (non-hydrogen) atoms. The number of nitrogens with one attached hydrogen (secondary N) is 1. The molecule has 1 N–H and O–H groups in total. The van der Waals surface area contributed by atoms with Crippen LogP contribution in [0.2, 0.25) is 5.02 Å². The van der Waals surface area contributed by atoms with Crippen LogP contribution in [0.25, 0.3) is 0 Å². The molecule has 0 unspecified atom stereocenters. The van der Waals surface area contributed by atoms with E-state index in [1.54, 1.807) is 23.1 Å². The average molecular weight is 375 g/mol. The molecular formula is C20H20ClFN2O2. The van der Waals surface area contributed by atoms with E-state index in [1.807, 2.05) is 19.1 Å². The molecule has 3 rings (SSSR count). The monoisotopic (exact) mass is 374 g/mol. The fraction of sp³-hybridized carbons (Fsp3) is 0.300. The Morgan fingerprint density at radius 1 is 1.15 bits per heavy atom. The Labute approximate surface area is 157 Å². The summed E-state index contributed by atoms with van der Waals surface area (Å²) in [4.78, 5) is 26.5. The molecule has 136 valence electrons. The van der Waals surface area contributed by atoms with E-state index in [2.05, 4.69) is 5.32 Å². The molecule has 1 heterocycles. The molecule has 0 spiro atoms. The van der Waals surface area contributed by atoms with Gasteiger partial charge in [0.2, 0.25) is 5.91 Å². The van der Waals surface area contributed by atoms with Crippen LogP contribution in [0.1, 0.15) is 28.8 Å². The van der Waals surface area contributed by atoms with E-state index in [0.29, 0.717) is 36.6 Å². The second-order valence-electron chi connectivity index (χ2n) is 6.50. The largest absolute Gasteiger partial charge is 0.339 e. The van der Waals surface area contributed by atoms with Crippen LogP contribution < -0.4 is 5.32 Å². The summed E-state index contributed by atoms with van der Waals surface area (Å²) in [6, 6.07) is 11.4. The second-order valence-corrected chi connectivity index (χ2v) is 6.91. The third kappa shape index (κ3) is 4.05. The van der Waals surface area contributed by atoms with Crippen LogP contribution >= 0.6 is 11.6 Å². The lowest BCUT2D eigenvalue weighted by Crippen LogP contribution is -2.41. The summed E-state index contributed by atoms with van der Waals surface area (Å²) in [7, 11) is 0. The van der Waals surface area contributed by atoms with Crippen molar-refractivity contribution in [3.63, 3.8) is 0 Å². The molecule has 0 atom stereocenters. The van der Waals surface area contributed by atoms with Gasteiger partial charge in [-0.05, 0) is 49.6 Å². The van der Waals surface area contributed by atoms with Gasteiger partial charge in [0.05, 0.1) is 5.56 Å². The highest BCUT2D eigenvalue weighted by molar-refractivity contribution is 6.31. The van der Waals surface area contributed by atoms with Gasteiger partial charge in [0.1, 0.15) is 5.82 Å². The number of hydrogen-bond acceptors (Lipinski definition) is 2. The number of amides is 2. The first-order valence-electron chi connectivity index (χ1n) is 8.56. The molecule has 0 aromatic heterocycles. The van der Waals surface area contributed by atoms with E-state index in [0.717, 1.165) is 5.56 Å². The highest BCUT2D eigenvalue weighted by Gasteiger charge is 2.28. The standard InChI is InChI=1S/C20H20ClFN2O2/c1-13-6-7-15(12-17(13)21)23-19(25)14-8-10-24(11-9-14)20(26)16-4-2-3-5-18(16)22/h2-7,12,14H,8-11H2,1H3,(H,23,25). The number of carbonyl (C=O) groups is 2. The third-order valence-corrected chi connectivity index (χ3v) is 5.10. The molecule has 1 aliphatic rings. The smallest absolute Gasteiger partial charge is 0.256 e. The maximum atomic E-state index is 13.8. The molecule has 1 aliphatic heterocycles. The number of likely N-dealkylation sites (tertiary alicyclic amines) is 1. The van der Waals surface area contributed by atoms with E-state index >= 15 is 0 Å². The lowest BCUT2D eigenvalue weighted by atomic mass is 9.95. The van der Waals surface area contributed by atoms with Crippen molar-refractivity contribution in [3.8, 4) is 0 Å². The first-order chi connectivity index (χ1) is 12.5. The summed E-state index contributed by atoms with van der Waals surface area (Å²) in [6.45, 7) is 2.76. The lowest BCUT2D eigenvalue weighted by Gasteiger charge is -2.31. The number of carbonyl (C=O) groups excluding carboxylic acids is 2. The molecule has 0 bridgehead atoms. The summed E-state index contributed by atoms with van der Waals surface area (Å²) in [5.74, 6) is -1.11.